The van der Waals surface area contributed by atoms with Crippen LogP contribution < -0.4 is 5.32 Å². The molecule has 0 unspecified atom stereocenters. The molecule has 0 saturated heterocycles. The van der Waals surface area contributed by atoms with Crippen molar-refractivity contribution in [3.05, 3.63) is 59.0 Å². The third kappa shape index (κ3) is 2.94. The fraction of sp³-hybridized carbons (Fsp3) is 0.0714. The van der Waals surface area contributed by atoms with Gasteiger partial charge in [0.15, 0.2) is 0 Å². The number of hydrogen-bond acceptors (Lipinski definition) is 5. The van der Waals surface area contributed by atoms with Crippen molar-refractivity contribution in [3.8, 4) is 5.69 Å². The molecule has 3 rings (SSSR count). The molecule has 0 atom stereocenters. The molecule has 110 valence electrons. The number of nitrogens with one attached hydrogen (secondary N) is 1. The molecule has 1 N–H and O–H groups in total. The maximum absolute atomic E-state index is 12.4. The summed E-state index contributed by atoms with van der Waals surface area (Å²) in [7, 11) is 0. The molecule has 1 amide bonds. The van der Waals surface area contributed by atoms with Crippen molar-refractivity contribution in [2.75, 3.05) is 5.32 Å². The van der Waals surface area contributed by atoms with Crippen LogP contribution in [0.2, 0.25) is 5.02 Å². The predicted molar refractivity (Wildman–Crippen MR) is 81.1 cm³/mol. The van der Waals surface area contributed by atoms with Gasteiger partial charge in [0.2, 0.25) is 0 Å². The van der Waals surface area contributed by atoms with Gasteiger partial charge in [-0.2, -0.15) is 0 Å². The van der Waals surface area contributed by atoms with Crippen LogP contribution in [0.5, 0.6) is 0 Å². The van der Waals surface area contributed by atoms with E-state index in [0.717, 1.165) is 5.56 Å². The summed E-state index contributed by atoms with van der Waals surface area (Å²) in [6, 6.07) is 8.58. The number of amides is 1. The van der Waals surface area contributed by atoms with Crippen molar-refractivity contribution in [2.45, 2.75) is 6.92 Å². The lowest BCUT2D eigenvalue weighted by molar-refractivity contribution is 0.102. The quantitative estimate of drug-likeness (QED) is 0.801. The summed E-state index contributed by atoms with van der Waals surface area (Å²) in [5.74, 6) is 0.118. The SMILES string of the molecule is Cc1ccnc(NC(=O)c2cc(-n3cnnn3)ccc2Cl)c1. The minimum absolute atomic E-state index is 0.318. The summed E-state index contributed by atoms with van der Waals surface area (Å²) in [4.78, 5) is 16.5. The zero-order valence-corrected chi connectivity index (χ0v) is 12.3. The molecule has 3 aromatic rings. The molecule has 7 nitrogen and oxygen atoms in total. The van der Waals surface area contributed by atoms with Gasteiger partial charge in [-0.25, -0.2) is 9.67 Å². The van der Waals surface area contributed by atoms with Gasteiger partial charge < -0.3 is 5.32 Å². The van der Waals surface area contributed by atoms with Crippen LogP contribution in [0.3, 0.4) is 0 Å². The topological polar surface area (TPSA) is 85.6 Å². The smallest absolute Gasteiger partial charge is 0.258 e. The third-order valence-electron chi connectivity index (χ3n) is 2.97. The van der Waals surface area contributed by atoms with Crippen molar-refractivity contribution < 1.29 is 4.79 Å². The zero-order chi connectivity index (χ0) is 15.5. The molecule has 22 heavy (non-hydrogen) atoms. The van der Waals surface area contributed by atoms with Gasteiger partial charge in [0.25, 0.3) is 5.91 Å². The maximum Gasteiger partial charge on any atom is 0.258 e. The van der Waals surface area contributed by atoms with Crippen LogP contribution in [0, 0.1) is 6.92 Å². The first-order chi connectivity index (χ1) is 10.6. The molecule has 2 aromatic heterocycles. The lowest BCUT2D eigenvalue weighted by Gasteiger charge is -2.08. The Labute approximate surface area is 130 Å². The predicted octanol–water partition coefficient (Wildman–Crippen LogP) is 2.27. The van der Waals surface area contributed by atoms with E-state index < -0.39 is 0 Å². The fourth-order valence-electron chi connectivity index (χ4n) is 1.90. The number of carbonyl (C=O) groups excluding carboxylic acids is 1. The Balaban J connectivity index is 1.90. The molecule has 0 spiro atoms. The van der Waals surface area contributed by atoms with Crippen molar-refractivity contribution in [1.82, 2.24) is 25.2 Å². The number of tetrazole rings is 1. The number of carbonyl (C=O) groups is 1. The lowest BCUT2D eigenvalue weighted by Crippen LogP contribution is -2.14. The summed E-state index contributed by atoms with van der Waals surface area (Å²) < 4.78 is 1.44. The van der Waals surface area contributed by atoms with Gasteiger partial charge >= 0.3 is 0 Å². The third-order valence-corrected chi connectivity index (χ3v) is 3.29. The average molecular weight is 315 g/mol. The monoisotopic (exact) mass is 314 g/mol. The van der Waals surface area contributed by atoms with Crippen LogP contribution in [0.4, 0.5) is 5.82 Å². The summed E-state index contributed by atoms with van der Waals surface area (Å²) in [6.45, 7) is 1.92. The second kappa shape index (κ2) is 5.90. The van der Waals surface area contributed by atoms with Gasteiger partial charge in [0.05, 0.1) is 16.3 Å². The van der Waals surface area contributed by atoms with Crippen LogP contribution in [-0.4, -0.2) is 31.1 Å². The van der Waals surface area contributed by atoms with E-state index in [4.69, 9.17) is 11.6 Å². The molecule has 0 aliphatic rings. The lowest BCUT2D eigenvalue weighted by atomic mass is 10.2. The second-order valence-corrected chi connectivity index (χ2v) is 5.00. The molecule has 0 aliphatic heterocycles. The Hall–Kier alpha value is -2.80. The van der Waals surface area contributed by atoms with E-state index in [1.54, 1.807) is 30.5 Å². The highest BCUT2D eigenvalue weighted by molar-refractivity contribution is 6.34. The zero-order valence-electron chi connectivity index (χ0n) is 11.6. The number of benzene rings is 1. The normalized spacial score (nSPS) is 10.5. The molecule has 1 aromatic carbocycles. The largest absolute Gasteiger partial charge is 0.307 e. The van der Waals surface area contributed by atoms with Gasteiger partial charge in [-0.1, -0.05) is 11.6 Å². The van der Waals surface area contributed by atoms with Gasteiger partial charge in [-0.15, -0.1) is 5.10 Å². The molecular weight excluding hydrogens is 304 g/mol. The van der Waals surface area contributed by atoms with Crippen molar-refractivity contribution in [1.29, 1.82) is 0 Å². The minimum Gasteiger partial charge on any atom is -0.307 e. The molecule has 2 heterocycles. The van der Waals surface area contributed by atoms with Crippen LogP contribution in [0.25, 0.3) is 5.69 Å². The van der Waals surface area contributed by atoms with Gasteiger partial charge in [0, 0.05) is 6.20 Å². The van der Waals surface area contributed by atoms with Crippen LogP contribution in [0.15, 0.2) is 42.9 Å². The van der Waals surface area contributed by atoms with Gasteiger partial charge in [-0.05, 0) is 53.2 Å². The van der Waals surface area contributed by atoms with E-state index in [9.17, 15) is 4.79 Å². The van der Waals surface area contributed by atoms with Gasteiger partial charge in [0.1, 0.15) is 12.1 Å². The number of halogens is 1. The first-order valence-corrected chi connectivity index (χ1v) is 6.78. The van der Waals surface area contributed by atoms with E-state index >= 15 is 0 Å². The molecule has 0 fully saturated rings. The van der Waals surface area contributed by atoms with Crippen molar-refractivity contribution in [3.63, 3.8) is 0 Å². The Morgan fingerprint density at radius 1 is 1.27 bits per heavy atom. The molecule has 8 heteroatoms. The van der Waals surface area contributed by atoms with E-state index in [1.807, 2.05) is 13.0 Å². The molecular formula is C14H11ClN6O. The highest BCUT2D eigenvalue weighted by Crippen LogP contribution is 2.20. The Bertz CT molecular complexity index is 818. The molecule has 0 radical (unpaired) electrons. The standard InChI is InChI=1S/C14H11ClN6O/c1-9-4-5-16-13(6-9)18-14(22)11-7-10(2-3-12(11)15)21-8-17-19-20-21/h2-8H,1H3,(H,16,18,22). The van der Waals surface area contributed by atoms with Crippen molar-refractivity contribution >= 4 is 23.3 Å². The number of rotatable bonds is 3. The van der Waals surface area contributed by atoms with Crippen molar-refractivity contribution in [2.24, 2.45) is 0 Å². The molecule has 0 saturated carbocycles. The van der Waals surface area contributed by atoms with E-state index in [-0.39, 0.29) is 5.91 Å². The minimum atomic E-state index is -0.349. The Kier molecular flexibility index (Phi) is 3.80. The number of aromatic nitrogens is 5. The average Bonchev–Trinajstić information content (AvgIpc) is 3.02. The van der Waals surface area contributed by atoms with E-state index in [2.05, 4.69) is 25.8 Å². The summed E-state index contributed by atoms with van der Waals surface area (Å²) >= 11 is 6.11. The number of aryl methyl sites for hydroxylation is 1. The number of nitrogens with zero attached hydrogens (tertiary/aromatic N) is 5. The number of anilines is 1. The highest BCUT2D eigenvalue weighted by Gasteiger charge is 2.13. The van der Waals surface area contributed by atoms with E-state index in [1.165, 1.54) is 11.0 Å². The fourth-order valence-corrected chi connectivity index (χ4v) is 2.10. The highest BCUT2D eigenvalue weighted by atomic mass is 35.5. The van der Waals surface area contributed by atoms with Crippen LogP contribution in [0.1, 0.15) is 15.9 Å². The van der Waals surface area contributed by atoms with Crippen LogP contribution >= 0.6 is 11.6 Å². The number of hydrogen-bond donors (Lipinski definition) is 1. The molecule has 0 bridgehead atoms. The van der Waals surface area contributed by atoms with Gasteiger partial charge in [-0.3, -0.25) is 4.79 Å². The summed E-state index contributed by atoms with van der Waals surface area (Å²) in [5.41, 5.74) is 1.95. The first kappa shape index (κ1) is 14.2. The summed E-state index contributed by atoms with van der Waals surface area (Å²) in [6.07, 6.45) is 3.07. The molecule has 0 aliphatic carbocycles. The Morgan fingerprint density at radius 2 is 2.14 bits per heavy atom. The second-order valence-electron chi connectivity index (χ2n) is 4.59. The van der Waals surface area contributed by atoms with E-state index in [0.29, 0.717) is 22.1 Å². The number of pyridine rings is 1. The first-order valence-electron chi connectivity index (χ1n) is 6.40. The van der Waals surface area contributed by atoms with Crippen LogP contribution in [-0.2, 0) is 0 Å². The Morgan fingerprint density at radius 3 is 2.86 bits per heavy atom. The maximum atomic E-state index is 12.4. The summed E-state index contributed by atoms with van der Waals surface area (Å²) in [5, 5.41) is 14.0.